The fourth-order valence-corrected chi connectivity index (χ4v) is 2.22. The third kappa shape index (κ3) is 2.74. The fourth-order valence-electron chi connectivity index (χ4n) is 2.22. The molecule has 0 bridgehead atoms. The Hall–Kier alpha value is -1.06. The quantitative estimate of drug-likeness (QED) is 0.683. The molecule has 0 saturated carbocycles. The van der Waals surface area contributed by atoms with E-state index in [-0.39, 0.29) is 23.7 Å². The molecule has 1 rings (SSSR count). The van der Waals surface area contributed by atoms with Crippen LogP contribution in [0.5, 0.6) is 0 Å². The van der Waals surface area contributed by atoms with Crippen molar-refractivity contribution in [2.75, 3.05) is 20.2 Å². The summed E-state index contributed by atoms with van der Waals surface area (Å²) in [5, 5.41) is 0. The summed E-state index contributed by atoms with van der Waals surface area (Å²) >= 11 is 0. The summed E-state index contributed by atoms with van der Waals surface area (Å²) in [7, 11) is 1.40. The Morgan fingerprint density at radius 1 is 1.38 bits per heavy atom. The molecule has 1 saturated heterocycles. The maximum Gasteiger partial charge on any atom is 0.310 e. The summed E-state index contributed by atoms with van der Waals surface area (Å²) < 4.78 is 4.70. The van der Waals surface area contributed by atoms with Gasteiger partial charge in [0.15, 0.2) is 0 Å². The van der Waals surface area contributed by atoms with E-state index in [2.05, 4.69) is 0 Å². The second kappa shape index (κ2) is 5.87. The lowest BCUT2D eigenvalue weighted by Gasteiger charge is -2.21. The maximum atomic E-state index is 12.0. The minimum absolute atomic E-state index is 0.108. The van der Waals surface area contributed by atoms with Crippen molar-refractivity contribution in [3.05, 3.63) is 0 Å². The topological polar surface area (TPSA) is 46.6 Å². The Morgan fingerprint density at radius 2 is 2.00 bits per heavy atom. The third-order valence-electron chi connectivity index (χ3n) is 3.37. The van der Waals surface area contributed by atoms with Gasteiger partial charge in [0.2, 0.25) is 5.91 Å². The van der Waals surface area contributed by atoms with Gasteiger partial charge < -0.3 is 9.64 Å². The summed E-state index contributed by atoms with van der Waals surface area (Å²) in [5.74, 6) is -0.0176. The number of hydrogen-bond acceptors (Lipinski definition) is 3. The Bertz CT molecular complexity index is 261. The second-order valence-electron chi connectivity index (χ2n) is 4.31. The van der Waals surface area contributed by atoms with E-state index in [9.17, 15) is 9.59 Å². The van der Waals surface area contributed by atoms with E-state index in [1.165, 1.54) is 7.11 Å². The second-order valence-corrected chi connectivity index (χ2v) is 4.31. The van der Waals surface area contributed by atoms with Gasteiger partial charge in [-0.3, -0.25) is 9.59 Å². The van der Waals surface area contributed by atoms with E-state index in [4.69, 9.17) is 4.74 Å². The molecular weight excluding hydrogens is 206 g/mol. The summed E-state index contributed by atoms with van der Waals surface area (Å²) in [6.45, 7) is 5.27. The number of esters is 1. The van der Waals surface area contributed by atoms with Crippen molar-refractivity contribution in [1.29, 1.82) is 0 Å². The van der Waals surface area contributed by atoms with Crippen molar-refractivity contribution in [1.82, 2.24) is 4.90 Å². The molecule has 1 atom stereocenters. The van der Waals surface area contributed by atoms with E-state index in [0.717, 1.165) is 19.3 Å². The van der Waals surface area contributed by atoms with Gasteiger partial charge in [0.1, 0.15) is 0 Å². The highest BCUT2D eigenvalue weighted by Crippen LogP contribution is 2.21. The van der Waals surface area contributed by atoms with Crippen LogP contribution in [0.15, 0.2) is 0 Å². The molecule has 92 valence electrons. The minimum Gasteiger partial charge on any atom is -0.469 e. The van der Waals surface area contributed by atoms with Crippen LogP contribution in [0.25, 0.3) is 0 Å². The number of carbonyl (C=O) groups excluding carboxylic acids is 2. The molecule has 1 amide bonds. The van der Waals surface area contributed by atoms with Gasteiger partial charge in [-0.25, -0.2) is 0 Å². The molecule has 4 heteroatoms. The normalized spacial score (nSPS) is 20.2. The number of likely N-dealkylation sites (tertiary alicyclic amines) is 1. The molecule has 1 heterocycles. The number of carbonyl (C=O) groups is 2. The average molecular weight is 227 g/mol. The average Bonchev–Trinajstić information content (AvgIpc) is 2.78. The zero-order valence-electron chi connectivity index (χ0n) is 10.4. The number of methoxy groups -OCH3 is 1. The number of nitrogens with zero attached hydrogens (tertiary/aromatic N) is 1. The summed E-state index contributed by atoms with van der Waals surface area (Å²) in [4.78, 5) is 25.2. The Balaban J connectivity index is 2.52. The first kappa shape index (κ1) is 13.0. The molecule has 0 aliphatic carbocycles. The summed E-state index contributed by atoms with van der Waals surface area (Å²) in [6, 6.07) is 0. The van der Waals surface area contributed by atoms with Crippen LogP contribution in [0, 0.1) is 11.8 Å². The molecule has 1 fully saturated rings. The Morgan fingerprint density at radius 3 is 2.50 bits per heavy atom. The molecule has 0 spiro atoms. The van der Waals surface area contributed by atoms with Crippen LogP contribution >= 0.6 is 0 Å². The van der Waals surface area contributed by atoms with Crippen LogP contribution in [-0.2, 0) is 14.3 Å². The lowest BCUT2D eigenvalue weighted by atomic mass is 10.0. The van der Waals surface area contributed by atoms with Crippen LogP contribution in [0.4, 0.5) is 0 Å². The van der Waals surface area contributed by atoms with E-state index >= 15 is 0 Å². The van der Waals surface area contributed by atoms with Gasteiger partial charge in [-0.1, -0.05) is 13.8 Å². The summed E-state index contributed by atoms with van der Waals surface area (Å²) in [6.07, 6.45) is 2.47. The molecule has 4 nitrogen and oxygen atoms in total. The van der Waals surface area contributed by atoms with E-state index in [1.807, 2.05) is 13.8 Å². The Kier molecular flexibility index (Phi) is 4.77. The summed E-state index contributed by atoms with van der Waals surface area (Å²) in [5.41, 5.74) is 0. The van der Waals surface area contributed by atoms with Crippen LogP contribution in [-0.4, -0.2) is 37.0 Å². The maximum absolute atomic E-state index is 12.0. The zero-order valence-corrected chi connectivity index (χ0v) is 10.4. The van der Waals surface area contributed by atoms with Gasteiger partial charge in [-0.05, 0) is 19.3 Å². The first-order valence-electron chi connectivity index (χ1n) is 6.00. The zero-order chi connectivity index (χ0) is 12.1. The fraction of sp³-hybridized carbons (Fsp3) is 0.833. The van der Waals surface area contributed by atoms with Crippen molar-refractivity contribution in [3.63, 3.8) is 0 Å². The number of ether oxygens (including phenoxy) is 1. The predicted molar refractivity (Wildman–Crippen MR) is 60.8 cm³/mol. The SMILES string of the molecule is CCC(CC)C(=O)N1CCC(C(=O)OC)C1. The Labute approximate surface area is 96.9 Å². The van der Waals surface area contributed by atoms with Crippen LogP contribution < -0.4 is 0 Å². The first-order chi connectivity index (χ1) is 7.63. The molecule has 0 aromatic heterocycles. The molecule has 0 aromatic rings. The van der Waals surface area contributed by atoms with Crippen molar-refractivity contribution in [2.45, 2.75) is 33.1 Å². The minimum atomic E-state index is -0.195. The first-order valence-corrected chi connectivity index (χ1v) is 6.00. The van der Waals surface area contributed by atoms with E-state index in [1.54, 1.807) is 4.90 Å². The largest absolute Gasteiger partial charge is 0.469 e. The van der Waals surface area contributed by atoms with Gasteiger partial charge in [-0.15, -0.1) is 0 Å². The highest BCUT2D eigenvalue weighted by atomic mass is 16.5. The van der Waals surface area contributed by atoms with Crippen molar-refractivity contribution in [2.24, 2.45) is 11.8 Å². The molecule has 0 aromatic carbocycles. The molecule has 16 heavy (non-hydrogen) atoms. The molecule has 1 aliphatic heterocycles. The van der Waals surface area contributed by atoms with Gasteiger partial charge in [0.05, 0.1) is 13.0 Å². The molecule has 1 aliphatic rings. The number of rotatable bonds is 4. The van der Waals surface area contributed by atoms with Gasteiger partial charge in [0.25, 0.3) is 0 Å². The predicted octanol–water partition coefficient (Wildman–Crippen LogP) is 1.44. The highest BCUT2D eigenvalue weighted by Gasteiger charge is 2.33. The van der Waals surface area contributed by atoms with Crippen molar-refractivity contribution < 1.29 is 14.3 Å². The van der Waals surface area contributed by atoms with Crippen molar-refractivity contribution >= 4 is 11.9 Å². The van der Waals surface area contributed by atoms with Gasteiger partial charge in [0, 0.05) is 19.0 Å². The molecule has 0 N–H and O–H groups in total. The molecule has 0 radical (unpaired) electrons. The number of hydrogen-bond donors (Lipinski definition) is 0. The van der Waals surface area contributed by atoms with Crippen LogP contribution in [0.2, 0.25) is 0 Å². The lowest BCUT2D eigenvalue weighted by molar-refractivity contribution is -0.145. The standard InChI is InChI=1S/C12H21NO3/c1-4-9(5-2)11(14)13-7-6-10(8-13)12(15)16-3/h9-10H,4-8H2,1-3H3. The van der Waals surface area contributed by atoms with Gasteiger partial charge >= 0.3 is 5.97 Å². The van der Waals surface area contributed by atoms with Crippen LogP contribution in [0.3, 0.4) is 0 Å². The molecule has 1 unspecified atom stereocenters. The molecular formula is C12H21NO3. The third-order valence-corrected chi connectivity index (χ3v) is 3.37. The smallest absolute Gasteiger partial charge is 0.310 e. The highest BCUT2D eigenvalue weighted by molar-refractivity contribution is 5.81. The van der Waals surface area contributed by atoms with Crippen LogP contribution in [0.1, 0.15) is 33.1 Å². The lowest BCUT2D eigenvalue weighted by Crippen LogP contribution is -2.34. The van der Waals surface area contributed by atoms with Crippen molar-refractivity contribution in [3.8, 4) is 0 Å². The van der Waals surface area contributed by atoms with E-state index in [0.29, 0.717) is 13.1 Å². The monoisotopic (exact) mass is 227 g/mol. The van der Waals surface area contributed by atoms with E-state index < -0.39 is 0 Å². The van der Waals surface area contributed by atoms with Gasteiger partial charge in [-0.2, -0.15) is 0 Å². The number of amides is 1.